The Labute approximate surface area is 191 Å². The number of hydrogen-bond donors (Lipinski definition) is 0. The third kappa shape index (κ3) is 4.42. The molecule has 0 aliphatic heterocycles. The van der Waals surface area contributed by atoms with Crippen molar-refractivity contribution in [2.45, 2.75) is 19.7 Å². The maximum Gasteiger partial charge on any atom is 0.435 e. The van der Waals surface area contributed by atoms with Crippen LogP contribution in [-0.4, -0.2) is 19.9 Å². The monoisotopic (exact) mass is 466 g/mol. The number of benzene rings is 2. The minimum atomic E-state index is -4.50. The molecule has 0 saturated carbocycles. The van der Waals surface area contributed by atoms with Crippen molar-refractivity contribution in [2.24, 2.45) is 0 Å². The van der Waals surface area contributed by atoms with Crippen LogP contribution in [0.3, 0.4) is 0 Å². The summed E-state index contributed by atoms with van der Waals surface area (Å²) in [7, 11) is 0. The normalized spacial score (nSPS) is 11.6. The second kappa shape index (κ2) is 8.54. The Balaban J connectivity index is 1.31. The SMILES string of the molecule is Cc1oc(-c2nc(-c3ccc(-n4ccc(C(F)(F)F)n4)cc3)no2)cc1COc1ccccc1. The highest BCUT2D eigenvalue weighted by Crippen LogP contribution is 2.29. The van der Waals surface area contributed by atoms with E-state index >= 15 is 0 Å². The van der Waals surface area contributed by atoms with Crippen LogP contribution in [0.15, 0.2) is 81.9 Å². The fourth-order valence-electron chi connectivity index (χ4n) is 3.27. The predicted octanol–water partition coefficient (Wildman–Crippen LogP) is 6.09. The maximum absolute atomic E-state index is 12.8. The molecule has 10 heteroatoms. The molecule has 5 rings (SSSR count). The van der Waals surface area contributed by atoms with Gasteiger partial charge in [-0.2, -0.15) is 23.3 Å². The van der Waals surface area contributed by atoms with Gasteiger partial charge in [-0.15, -0.1) is 0 Å². The molecule has 0 radical (unpaired) electrons. The lowest BCUT2D eigenvalue weighted by molar-refractivity contribution is -0.141. The molecule has 7 nitrogen and oxygen atoms in total. The first-order chi connectivity index (χ1) is 16.4. The molecular weight excluding hydrogens is 449 g/mol. The third-order valence-electron chi connectivity index (χ3n) is 5.06. The number of aromatic nitrogens is 4. The lowest BCUT2D eigenvalue weighted by atomic mass is 10.2. The largest absolute Gasteiger partial charge is 0.489 e. The van der Waals surface area contributed by atoms with Crippen molar-refractivity contribution in [1.29, 1.82) is 0 Å². The Morgan fingerprint density at radius 2 is 1.76 bits per heavy atom. The molecule has 0 unspecified atom stereocenters. The van der Waals surface area contributed by atoms with Crippen molar-refractivity contribution in [1.82, 2.24) is 19.9 Å². The molecule has 0 spiro atoms. The molecule has 3 heterocycles. The highest BCUT2D eigenvalue weighted by Gasteiger charge is 2.33. The van der Waals surface area contributed by atoms with E-state index in [-0.39, 0.29) is 5.89 Å². The van der Waals surface area contributed by atoms with Gasteiger partial charge in [-0.05, 0) is 55.5 Å². The van der Waals surface area contributed by atoms with Gasteiger partial charge in [0.15, 0.2) is 11.5 Å². The molecule has 172 valence electrons. The smallest absolute Gasteiger partial charge is 0.435 e. The van der Waals surface area contributed by atoms with Crippen LogP contribution < -0.4 is 4.74 Å². The number of halogens is 3. The van der Waals surface area contributed by atoms with Gasteiger partial charge in [0.1, 0.15) is 18.1 Å². The van der Waals surface area contributed by atoms with Crippen LogP contribution in [0, 0.1) is 6.92 Å². The Morgan fingerprint density at radius 3 is 2.47 bits per heavy atom. The second-order valence-corrected chi connectivity index (χ2v) is 7.41. The van der Waals surface area contributed by atoms with Crippen molar-refractivity contribution in [3.05, 3.63) is 89.9 Å². The summed E-state index contributed by atoms with van der Waals surface area (Å²) in [5.74, 6) is 2.35. The number of rotatable bonds is 6. The van der Waals surface area contributed by atoms with Crippen LogP contribution in [0.4, 0.5) is 13.2 Å². The van der Waals surface area contributed by atoms with Gasteiger partial charge in [0.2, 0.25) is 5.82 Å². The van der Waals surface area contributed by atoms with E-state index in [0.717, 1.165) is 22.1 Å². The molecule has 0 amide bonds. The quantitative estimate of drug-likeness (QED) is 0.301. The van der Waals surface area contributed by atoms with Gasteiger partial charge in [0.25, 0.3) is 5.89 Å². The van der Waals surface area contributed by atoms with E-state index in [4.69, 9.17) is 13.7 Å². The van der Waals surface area contributed by atoms with E-state index in [1.54, 1.807) is 30.3 Å². The van der Waals surface area contributed by atoms with Gasteiger partial charge in [0, 0.05) is 17.3 Å². The van der Waals surface area contributed by atoms with E-state index in [9.17, 15) is 13.2 Å². The van der Waals surface area contributed by atoms with E-state index in [1.165, 1.54) is 6.20 Å². The fraction of sp³-hybridized carbons (Fsp3) is 0.125. The zero-order valence-electron chi connectivity index (χ0n) is 17.8. The lowest BCUT2D eigenvalue weighted by Crippen LogP contribution is -2.07. The zero-order chi connectivity index (χ0) is 23.7. The number of nitrogens with zero attached hydrogens (tertiary/aromatic N) is 4. The van der Waals surface area contributed by atoms with Crippen LogP contribution in [0.2, 0.25) is 0 Å². The number of para-hydroxylation sites is 1. The summed E-state index contributed by atoms with van der Waals surface area (Å²) in [6.45, 7) is 2.15. The molecule has 0 aliphatic carbocycles. The Kier molecular flexibility index (Phi) is 5.40. The molecule has 0 N–H and O–H groups in total. The summed E-state index contributed by atoms with van der Waals surface area (Å²) in [5.41, 5.74) is 0.979. The standard InChI is InChI=1S/C24H17F3N4O3/c1-15-17(14-32-19-5-3-2-4-6-19)13-20(33-15)23-28-22(30-34-23)16-7-9-18(10-8-16)31-12-11-21(29-31)24(25,26)27/h2-13H,14H2,1H3. The first-order valence-electron chi connectivity index (χ1n) is 10.2. The minimum absolute atomic E-state index is 0.204. The molecular formula is C24H17F3N4O3. The third-order valence-corrected chi connectivity index (χ3v) is 5.06. The van der Waals surface area contributed by atoms with Crippen LogP contribution in [0.5, 0.6) is 5.75 Å². The van der Waals surface area contributed by atoms with E-state index in [2.05, 4.69) is 15.2 Å². The van der Waals surface area contributed by atoms with Crippen LogP contribution in [0.25, 0.3) is 28.7 Å². The number of furan rings is 1. The Morgan fingerprint density at radius 1 is 1.00 bits per heavy atom. The molecule has 5 aromatic rings. The van der Waals surface area contributed by atoms with Gasteiger partial charge >= 0.3 is 6.18 Å². The molecule has 0 bridgehead atoms. The lowest BCUT2D eigenvalue weighted by Gasteiger charge is -2.04. The van der Waals surface area contributed by atoms with Crippen LogP contribution in [0.1, 0.15) is 17.0 Å². The predicted molar refractivity (Wildman–Crippen MR) is 115 cm³/mol. The molecule has 0 saturated heterocycles. The number of aryl methyl sites for hydroxylation is 1. The molecule has 0 atom stereocenters. The van der Waals surface area contributed by atoms with Gasteiger partial charge in [-0.25, -0.2) is 4.68 Å². The summed E-state index contributed by atoms with van der Waals surface area (Å²) in [6.07, 6.45) is -3.24. The fourth-order valence-corrected chi connectivity index (χ4v) is 3.27. The second-order valence-electron chi connectivity index (χ2n) is 7.41. The minimum Gasteiger partial charge on any atom is -0.489 e. The Bertz CT molecular complexity index is 1400. The van der Waals surface area contributed by atoms with Crippen molar-refractivity contribution in [3.63, 3.8) is 0 Å². The van der Waals surface area contributed by atoms with E-state index < -0.39 is 11.9 Å². The zero-order valence-corrected chi connectivity index (χ0v) is 17.8. The number of alkyl halides is 3. The number of hydrogen-bond acceptors (Lipinski definition) is 6. The summed E-state index contributed by atoms with van der Waals surface area (Å²) in [5, 5.41) is 7.55. The van der Waals surface area contributed by atoms with Crippen LogP contribution in [-0.2, 0) is 12.8 Å². The highest BCUT2D eigenvalue weighted by atomic mass is 19.4. The summed E-state index contributed by atoms with van der Waals surface area (Å²) >= 11 is 0. The van der Waals surface area contributed by atoms with E-state index in [1.807, 2.05) is 37.3 Å². The Hall–Kier alpha value is -4.34. The van der Waals surface area contributed by atoms with Crippen molar-refractivity contribution in [3.8, 4) is 34.5 Å². The van der Waals surface area contributed by atoms with Crippen molar-refractivity contribution in [2.75, 3.05) is 0 Å². The summed E-state index contributed by atoms with van der Waals surface area (Å²) < 4.78 is 56.4. The highest BCUT2D eigenvalue weighted by molar-refractivity contribution is 5.59. The molecule has 0 aliphatic rings. The first kappa shape index (κ1) is 21.5. The average molecular weight is 466 g/mol. The van der Waals surface area contributed by atoms with Gasteiger partial charge < -0.3 is 13.7 Å². The number of ether oxygens (including phenoxy) is 1. The molecule has 3 aromatic heterocycles. The maximum atomic E-state index is 12.8. The summed E-state index contributed by atoms with van der Waals surface area (Å²) in [6, 6.07) is 18.7. The molecule has 2 aromatic carbocycles. The topological polar surface area (TPSA) is 79.1 Å². The first-order valence-corrected chi connectivity index (χ1v) is 10.2. The molecule has 0 fully saturated rings. The van der Waals surface area contributed by atoms with Crippen molar-refractivity contribution >= 4 is 0 Å². The average Bonchev–Trinajstić information content (AvgIpc) is 3.58. The van der Waals surface area contributed by atoms with Crippen LogP contribution >= 0.6 is 0 Å². The van der Waals surface area contributed by atoms with E-state index in [0.29, 0.717) is 35.2 Å². The van der Waals surface area contributed by atoms with Gasteiger partial charge in [-0.1, -0.05) is 23.4 Å². The molecule has 34 heavy (non-hydrogen) atoms. The van der Waals surface area contributed by atoms with Gasteiger partial charge in [-0.3, -0.25) is 0 Å². The van der Waals surface area contributed by atoms with Gasteiger partial charge in [0.05, 0.1) is 5.69 Å². The summed E-state index contributed by atoms with van der Waals surface area (Å²) in [4.78, 5) is 4.38. The van der Waals surface area contributed by atoms with Crippen molar-refractivity contribution < 1.29 is 26.8 Å².